The monoisotopic (exact) mass is 1010 g/mol. The Morgan fingerprint density at radius 3 is 1.64 bits per heavy atom. The summed E-state index contributed by atoms with van der Waals surface area (Å²) in [5, 5.41) is 1.59. The Labute approximate surface area is 466 Å². The predicted molar refractivity (Wildman–Crippen MR) is 314 cm³/mol. The molecule has 3 heterocycles. The zero-order chi connectivity index (χ0) is 65.7. The Morgan fingerprint density at radius 1 is 0.487 bits per heavy atom. The van der Waals surface area contributed by atoms with Gasteiger partial charge in [0.2, 0.25) is 0 Å². The molecule has 1 aliphatic rings. The molecular weight excluding hydrogens is 935 g/mol. The predicted octanol–water partition coefficient (Wildman–Crippen LogP) is 19.1. The highest BCUT2D eigenvalue weighted by Crippen LogP contribution is 2.55. The molecule has 9 aromatic carbocycles. The largest absolute Gasteiger partial charge is 0.321 e. The van der Waals surface area contributed by atoms with Crippen molar-refractivity contribution in [3.05, 3.63) is 251 Å². The first-order chi connectivity index (χ1) is 42.9. The van der Waals surface area contributed by atoms with Crippen molar-refractivity contribution in [2.24, 2.45) is 0 Å². The topological polar surface area (TPSA) is 24.3 Å². The molecule has 4 nitrogen and oxygen atoms in total. The number of para-hydroxylation sites is 3. The Balaban J connectivity index is 1.16. The van der Waals surface area contributed by atoms with Crippen LogP contribution < -0.4 is 9.80 Å². The standard InChI is InChI=1S/C70H60F2N4/c1-44-36-45(2)64(46(3)37-44)52-38-55(70(71,72)54-32-33-58-57-28-18-19-29-59(57)76(62(58)41-54)63-42-53(34-35-73-63)69(6,7)8)40-56(39-52)74-43-75(61-31-21-20-30-60(61)74)68-66(50-24-14-10-15-25-50)47(4)65(49-22-12-9-13-23-49)48(5)67(68)51-26-16-11-17-27-51/h9-42H,43H2,1-8H3/i9D,10D,11D,12D,13D,14D,15D,16D,17D,22D,23D,24D,25D,26D,27D. The molecular formula is C70H60F2N4. The van der Waals surface area contributed by atoms with Crippen LogP contribution in [-0.2, 0) is 11.3 Å². The summed E-state index contributed by atoms with van der Waals surface area (Å²) in [6, 6.07) is 21.1. The minimum absolute atomic E-state index is 0.0413. The quantitative estimate of drug-likeness (QED) is 0.144. The fourth-order valence-electron chi connectivity index (χ4n) is 11.3. The van der Waals surface area contributed by atoms with Crippen LogP contribution in [-0.4, -0.2) is 16.2 Å². The van der Waals surface area contributed by atoms with E-state index in [0.717, 1.165) is 38.5 Å². The van der Waals surface area contributed by atoms with Crippen LogP contribution in [0.3, 0.4) is 0 Å². The van der Waals surface area contributed by atoms with Crippen molar-refractivity contribution in [2.75, 3.05) is 16.5 Å². The second-order valence-electron chi connectivity index (χ2n) is 20.6. The fraction of sp³-hybridized carbons (Fsp3) is 0.157. The number of nitrogens with zero attached hydrogens (tertiary/aromatic N) is 4. The van der Waals surface area contributed by atoms with Gasteiger partial charge in [-0.1, -0.05) is 172 Å². The minimum atomic E-state index is -3.71. The molecule has 1 aliphatic heterocycles. The summed E-state index contributed by atoms with van der Waals surface area (Å²) in [4.78, 5) is 8.24. The molecule has 6 heteroatoms. The Morgan fingerprint density at radius 2 is 1.04 bits per heavy atom. The van der Waals surface area contributed by atoms with Crippen molar-refractivity contribution >= 4 is 44.6 Å². The molecule has 76 heavy (non-hydrogen) atoms. The molecule has 0 saturated carbocycles. The van der Waals surface area contributed by atoms with Crippen LogP contribution in [0.4, 0.5) is 31.5 Å². The van der Waals surface area contributed by atoms with Crippen molar-refractivity contribution in [3.63, 3.8) is 0 Å². The third-order valence-electron chi connectivity index (χ3n) is 14.7. The molecule has 0 fully saturated rings. The van der Waals surface area contributed by atoms with Crippen molar-refractivity contribution in [3.8, 4) is 50.3 Å². The number of hydrogen-bond acceptors (Lipinski definition) is 3. The highest BCUT2D eigenvalue weighted by atomic mass is 19.3. The van der Waals surface area contributed by atoms with Crippen molar-refractivity contribution < 1.29 is 29.3 Å². The first-order valence-electron chi connectivity index (χ1n) is 32.5. The third-order valence-corrected chi connectivity index (χ3v) is 14.7. The molecule has 0 amide bonds. The van der Waals surface area contributed by atoms with E-state index in [0.29, 0.717) is 33.8 Å². The lowest BCUT2D eigenvalue weighted by atomic mass is 9.82. The summed E-state index contributed by atoms with van der Waals surface area (Å²) in [5.74, 6) is -3.15. The van der Waals surface area contributed by atoms with Crippen LogP contribution in [0.15, 0.2) is 206 Å². The highest BCUT2D eigenvalue weighted by molar-refractivity contribution is 6.09. The molecule has 0 radical (unpaired) electrons. The summed E-state index contributed by atoms with van der Waals surface area (Å²) in [7, 11) is 0. The van der Waals surface area contributed by atoms with E-state index in [1.807, 2.05) is 79.9 Å². The smallest absolute Gasteiger partial charge is 0.298 e. The average molecular weight is 1010 g/mol. The maximum atomic E-state index is 18.6. The van der Waals surface area contributed by atoms with Gasteiger partial charge in [-0.2, -0.15) is 8.78 Å². The SMILES string of the molecule is [2H]c1c([2H])c([2H])c(-c2c(C)c(-c3c([2H])c([2H])c([2H])c([2H])c3[2H])c(N3CN(c4cc(-c5c(C)cc(C)cc5C)cc(C(F)(F)c5ccc6c7ccccc7n(-c7cc(C(C)(C)C)ccn7)c6c5)c4)c4ccccc43)c(-c3c([2H])c([2H])c([2H])c([2H])c3[2H])c2C)c([2H])c1[2H]. The molecule has 0 saturated heterocycles. The number of hydrogen-bond donors (Lipinski definition) is 0. The van der Waals surface area contributed by atoms with Crippen LogP contribution in [0.5, 0.6) is 0 Å². The second kappa shape index (κ2) is 18.6. The lowest BCUT2D eigenvalue weighted by Crippen LogP contribution is -2.26. The van der Waals surface area contributed by atoms with Crippen LogP contribution in [0, 0.1) is 34.6 Å². The molecule has 0 aliphatic carbocycles. The van der Waals surface area contributed by atoms with Crippen LogP contribution in [0.25, 0.3) is 72.1 Å². The van der Waals surface area contributed by atoms with Gasteiger partial charge in [0.05, 0.1) is 48.7 Å². The van der Waals surface area contributed by atoms with E-state index in [4.69, 9.17) is 17.3 Å². The van der Waals surface area contributed by atoms with Gasteiger partial charge in [0.25, 0.3) is 5.92 Å². The first-order valence-corrected chi connectivity index (χ1v) is 25.0. The summed E-state index contributed by atoms with van der Waals surface area (Å²) >= 11 is 0. The molecule has 0 spiro atoms. The maximum Gasteiger partial charge on any atom is 0.298 e. The highest BCUT2D eigenvalue weighted by Gasteiger charge is 2.39. The molecule has 12 rings (SSSR count). The molecule has 2 aromatic heterocycles. The van der Waals surface area contributed by atoms with Gasteiger partial charge in [-0.05, 0) is 156 Å². The normalized spacial score (nSPS) is 15.5. The number of benzene rings is 9. The number of anilines is 4. The van der Waals surface area contributed by atoms with E-state index < -0.39 is 108 Å². The third kappa shape index (κ3) is 8.15. The summed E-state index contributed by atoms with van der Waals surface area (Å²) in [6.07, 6.45) is 1.73. The van der Waals surface area contributed by atoms with Crippen LogP contribution in [0.1, 0.15) is 85.8 Å². The number of fused-ring (bicyclic) bond motifs is 4. The molecule has 0 N–H and O–H groups in total. The minimum Gasteiger partial charge on any atom is -0.321 e. The summed E-state index contributed by atoms with van der Waals surface area (Å²) in [5.41, 5.74) is 4.55. The molecule has 0 unspecified atom stereocenters. The average Bonchev–Trinajstić information content (AvgIpc) is 1.65. The molecule has 0 bridgehead atoms. The Kier molecular flexibility index (Phi) is 8.36. The lowest BCUT2D eigenvalue weighted by molar-refractivity contribution is 0.0430. The fourth-order valence-corrected chi connectivity index (χ4v) is 11.3. The van der Waals surface area contributed by atoms with Gasteiger partial charge in [-0.25, -0.2) is 4.98 Å². The van der Waals surface area contributed by atoms with Gasteiger partial charge in [0.1, 0.15) is 12.5 Å². The Bertz CT molecular complexity index is 4770. The molecule has 0 atom stereocenters. The number of alkyl halides is 2. The lowest BCUT2D eigenvalue weighted by Gasteiger charge is -2.31. The van der Waals surface area contributed by atoms with Gasteiger partial charge >= 0.3 is 0 Å². The van der Waals surface area contributed by atoms with Gasteiger partial charge in [0.15, 0.2) is 0 Å². The van der Waals surface area contributed by atoms with Crippen molar-refractivity contribution in [2.45, 2.75) is 66.7 Å². The van der Waals surface area contributed by atoms with E-state index in [-0.39, 0.29) is 68.0 Å². The van der Waals surface area contributed by atoms with Gasteiger partial charge in [-0.3, -0.25) is 4.57 Å². The van der Waals surface area contributed by atoms with Crippen molar-refractivity contribution in [1.82, 2.24) is 9.55 Å². The number of aryl methyl sites for hydroxylation is 3. The number of aromatic nitrogens is 2. The van der Waals surface area contributed by atoms with E-state index in [9.17, 15) is 8.22 Å². The maximum absolute atomic E-state index is 18.6. The van der Waals surface area contributed by atoms with E-state index in [1.165, 1.54) is 38.1 Å². The van der Waals surface area contributed by atoms with E-state index in [1.54, 1.807) is 46.3 Å². The van der Waals surface area contributed by atoms with E-state index >= 15 is 8.78 Å². The number of rotatable bonds is 9. The van der Waals surface area contributed by atoms with Gasteiger partial charge < -0.3 is 9.80 Å². The Hall–Kier alpha value is -8.61. The van der Waals surface area contributed by atoms with E-state index in [2.05, 4.69) is 20.8 Å². The van der Waals surface area contributed by atoms with Crippen LogP contribution >= 0.6 is 0 Å². The molecule has 11 aromatic rings. The van der Waals surface area contributed by atoms with Gasteiger partial charge in [-0.15, -0.1) is 0 Å². The van der Waals surface area contributed by atoms with Crippen molar-refractivity contribution in [1.29, 1.82) is 0 Å². The summed E-state index contributed by atoms with van der Waals surface area (Å²) < 4.78 is 176. The first kappa shape index (κ1) is 34.1. The molecule has 374 valence electrons. The number of pyridine rings is 1. The number of halogens is 2. The second-order valence-corrected chi connectivity index (χ2v) is 20.6. The van der Waals surface area contributed by atoms with Gasteiger partial charge in [0, 0.05) is 44.9 Å². The zero-order valence-corrected chi connectivity index (χ0v) is 43.2. The zero-order valence-electron chi connectivity index (χ0n) is 58.2. The summed E-state index contributed by atoms with van der Waals surface area (Å²) in [6.45, 7) is 14.8. The van der Waals surface area contributed by atoms with Crippen LogP contribution in [0.2, 0.25) is 0 Å².